The summed E-state index contributed by atoms with van der Waals surface area (Å²) in [7, 11) is 0. The van der Waals surface area contributed by atoms with E-state index in [1.807, 2.05) is 35.9 Å². The summed E-state index contributed by atoms with van der Waals surface area (Å²) in [6.07, 6.45) is 1.59. The van der Waals surface area contributed by atoms with Gasteiger partial charge < -0.3 is 0 Å². The summed E-state index contributed by atoms with van der Waals surface area (Å²) in [4.78, 5) is 8.18. The third-order valence-corrected chi connectivity index (χ3v) is 1.60. The molecule has 1 aromatic heterocycles. The standard InChI is InChI=1S/C7H4N2.2Li/c1-2-4-7-6(3-1)8-5-9-7;;/h1-3,5H;;/q-1;;+1. The van der Waals surface area contributed by atoms with E-state index in [9.17, 15) is 0 Å². The second kappa shape index (κ2) is 3.52. The number of benzene rings is 1. The third-order valence-electron chi connectivity index (χ3n) is 1.60. The van der Waals surface area contributed by atoms with Gasteiger partial charge in [-0.25, -0.2) is 0 Å². The molecule has 0 saturated carbocycles. The topological polar surface area (TPSA) is 27.0 Å². The number of para-hydroxylation sites is 1. The molecule has 2 rings (SSSR count). The second-order valence-corrected chi connectivity index (χ2v) is 2.32. The SMILES string of the molecule is [Li+].[Li][c]1cccc2nc[n-]c12. The van der Waals surface area contributed by atoms with Crippen LogP contribution in [0.3, 0.4) is 0 Å². The molecule has 0 unspecified atom stereocenters. The van der Waals surface area contributed by atoms with Gasteiger partial charge in [-0.15, -0.1) is 0 Å². The summed E-state index contributed by atoms with van der Waals surface area (Å²) in [6, 6.07) is 6.00. The molecule has 0 bridgehead atoms. The molecule has 2 aromatic rings. The molecule has 0 aliphatic rings. The normalized spacial score (nSPS) is 9.64. The summed E-state index contributed by atoms with van der Waals surface area (Å²) >= 11 is 2.04. The first-order valence-corrected chi connectivity index (χ1v) is 3.21. The summed E-state index contributed by atoms with van der Waals surface area (Å²) < 4.78 is 1.19. The first-order valence-electron chi connectivity index (χ1n) is 3.21. The molecule has 0 fully saturated rings. The monoisotopic (exact) mass is 130 g/mol. The van der Waals surface area contributed by atoms with E-state index in [-0.39, 0.29) is 18.9 Å². The van der Waals surface area contributed by atoms with Crippen molar-refractivity contribution in [2.24, 2.45) is 0 Å². The number of nitrogens with zero attached hydrogens (tertiary/aromatic N) is 2. The number of hydrogen-bond acceptors (Lipinski definition) is 1. The fourth-order valence-electron chi connectivity index (χ4n) is 1.06. The molecule has 0 spiro atoms. The van der Waals surface area contributed by atoms with E-state index < -0.39 is 0 Å². The van der Waals surface area contributed by atoms with E-state index >= 15 is 0 Å². The Bertz CT molecular complexity index is 356. The first-order chi connectivity index (χ1) is 4.88. The fourth-order valence-corrected chi connectivity index (χ4v) is 1.06. The molecular formula is C7H4Li2N2. The van der Waals surface area contributed by atoms with Gasteiger partial charge in [-0.2, -0.15) is 0 Å². The van der Waals surface area contributed by atoms with Gasteiger partial charge in [0.25, 0.3) is 0 Å². The summed E-state index contributed by atoms with van der Waals surface area (Å²) in [5.41, 5.74) is 2.00. The van der Waals surface area contributed by atoms with E-state index in [2.05, 4.69) is 9.97 Å². The van der Waals surface area contributed by atoms with Gasteiger partial charge >= 0.3 is 86.3 Å². The van der Waals surface area contributed by atoms with E-state index in [4.69, 9.17) is 0 Å². The quantitative estimate of drug-likeness (QED) is 0.355. The number of aromatic nitrogens is 2. The molecule has 11 heavy (non-hydrogen) atoms. The molecule has 0 aliphatic heterocycles. The molecular weight excluding hydrogens is 126 g/mol. The maximum atomic E-state index is 4.11. The van der Waals surface area contributed by atoms with Crippen LogP contribution in [0.5, 0.6) is 0 Å². The van der Waals surface area contributed by atoms with E-state index in [1.165, 1.54) is 4.24 Å². The summed E-state index contributed by atoms with van der Waals surface area (Å²) in [6.45, 7) is 0. The first kappa shape index (κ1) is 8.98. The van der Waals surface area contributed by atoms with Gasteiger partial charge in [-0.3, -0.25) is 0 Å². The van der Waals surface area contributed by atoms with E-state index in [1.54, 1.807) is 6.33 Å². The van der Waals surface area contributed by atoms with Gasteiger partial charge in [-0.1, -0.05) is 0 Å². The average Bonchev–Trinajstić information content (AvgIpc) is 2.36. The number of fused-ring (bicyclic) bond motifs is 1. The maximum absolute atomic E-state index is 4.11. The van der Waals surface area contributed by atoms with Crippen LogP contribution in [0.25, 0.3) is 11.0 Å². The van der Waals surface area contributed by atoms with Gasteiger partial charge in [0.05, 0.1) is 0 Å². The molecule has 0 saturated heterocycles. The molecule has 0 N–H and O–H groups in total. The van der Waals surface area contributed by atoms with Crippen molar-refractivity contribution in [3.8, 4) is 0 Å². The van der Waals surface area contributed by atoms with Crippen LogP contribution in [0.1, 0.15) is 0 Å². The summed E-state index contributed by atoms with van der Waals surface area (Å²) in [5.74, 6) is 0. The summed E-state index contributed by atoms with van der Waals surface area (Å²) in [5, 5.41) is 0. The Balaban J connectivity index is 0.000000605. The zero-order valence-electron chi connectivity index (χ0n) is 6.70. The van der Waals surface area contributed by atoms with Crippen LogP contribution in [-0.2, 0) is 0 Å². The molecule has 1 heterocycles. The molecule has 0 aliphatic carbocycles. The number of hydrogen-bond donors (Lipinski definition) is 0. The Morgan fingerprint density at radius 3 is 2.91 bits per heavy atom. The van der Waals surface area contributed by atoms with Crippen LogP contribution in [0, 0.1) is 0 Å². The average molecular weight is 130 g/mol. The van der Waals surface area contributed by atoms with Crippen LogP contribution in [-0.4, -0.2) is 22.7 Å². The number of imidazole rings is 1. The predicted octanol–water partition coefficient (Wildman–Crippen LogP) is -3.01. The fraction of sp³-hybridized carbons (Fsp3) is 0. The Labute approximate surface area is 86.2 Å². The molecule has 0 radical (unpaired) electrons. The minimum atomic E-state index is 0. The predicted molar refractivity (Wildman–Crippen MR) is 40.5 cm³/mol. The Kier molecular flexibility index (Phi) is 2.87. The van der Waals surface area contributed by atoms with Crippen molar-refractivity contribution in [3.63, 3.8) is 0 Å². The van der Waals surface area contributed by atoms with Crippen molar-refractivity contribution in [2.75, 3.05) is 0 Å². The van der Waals surface area contributed by atoms with Gasteiger partial charge in [-0.05, 0) is 0 Å². The van der Waals surface area contributed by atoms with Crippen LogP contribution in [0.15, 0.2) is 24.5 Å². The zero-order chi connectivity index (χ0) is 6.97. The second-order valence-electron chi connectivity index (χ2n) is 2.32. The molecule has 0 atom stereocenters. The Morgan fingerprint density at radius 2 is 2.18 bits per heavy atom. The van der Waals surface area contributed by atoms with E-state index in [0.717, 1.165) is 11.0 Å². The zero-order valence-corrected chi connectivity index (χ0v) is 6.70. The Morgan fingerprint density at radius 1 is 1.36 bits per heavy atom. The Hall–Kier alpha value is -0.115. The molecule has 4 heteroatoms. The van der Waals surface area contributed by atoms with Crippen LogP contribution in [0.2, 0.25) is 0 Å². The van der Waals surface area contributed by atoms with Crippen molar-refractivity contribution in [3.05, 3.63) is 24.5 Å². The molecule has 0 amide bonds. The van der Waals surface area contributed by atoms with Gasteiger partial charge in [0.15, 0.2) is 0 Å². The third kappa shape index (κ3) is 1.55. The van der Waals surface area contributed by atoms with Crippen LogP contribution >= 0.6 is 0 Å². The van der Waals surface area contributed by atoms with Gasteiger partial charge in [0, 0.05) is 0 Å². The van der Waals surface area contributed by atoms with Crippen molar-refractivity contribution >= 4 is 33.0 Å². The van der Waals surface area contributed by atoms with E-state index in [0.29, 0.717) is 0 Å². The molecule has 1 aromatic carbocycles. The minimum absolute atomic E-state index is 0. The van der Waals surface area contributed by atoms with Crippen LogP contribution in [0.4, 0.5) is 0 Å². The van der Waals surface area contributed by atoms with Crippen LogP contribution < -0.4 is 28.1 Å². The molecule has 2 nitrogen and oxygen atoms in total. The van der Waals surface area contributed by atoms with Gasteiger partial charge in [0.2, 0.25) is 0 Å². The van der Waals surface area contributed by atoms with Gasteiger partial charge in [0.1, 0.15) is 0 Å². The van der Waals surface area contributed by atoms with Crippen molar-refractivity contribution < 1.29 is 18.9 Å². The van der Waals surface area contributed by atoms with Crippen molar-refractivity contribution in [2.45, 2.75) is 0 Å². The van der Waals surface area contributed by atoms with Crippen molar-refractivity contribution in [1.29, 1.82) is 0 Å². The van der Waals surface area contributed by atoms with Crippen molar-refractivity contribution in [1.82, 2.24) is 9.97 Å². The number of rotatable bonds is 0. The molecule has 44 valence electrons.